The number of hydrogen-bond donors (Lipinski definition) is 0. The molecule has 512 valence electrons. The quantitative estimate of drug-likeness (QED) is 0.0530. The van der Waals surface area contributed by atoms with Gasteiger partial charge in [0.15, 0.2) is 6.20 Å². The Morgan fingerprint density at radius 2 is 0.812 bits per heavy atom. The molecule has 0 spiro atoms. The first kappa shape index (κ1) is 72.6. The van der Waals surface area contributed by atoms with E-state index in [1.807, 2.05) is 0 Å². The maximum atomic E-state index is 2.64. The van der Waals surface area contributed by atoms with Crippen molar-refractivity contribution < 1.29 is 13.7 Å². The Balaban J connectivity index is 0.000000170. The maximum Gasteiger partial charge on any atom is 0.220 e. The maximum absolute atomic E-state index is 2.64. The molecule has 96 heavy (non-hydrogen) atoms. The van der Waals surface area contributed by atoms with Crippen LogP contribution in [-0.2, 0) is 21.1 Å². The molecule has 0 bridgehead atoms. The number of benzene rings is 6. The highest BCUT2D eigenvalue weighted by Gasteiger charge is 2.28. The van der Waals surface area contributed by atoms with E-state index >= 15 is 0 Å². The number of fused-ring (bicyclic) bond motifs is 3. The molecule has 2 aliphatic heterocycles. The number of rotatable bonds is 25. The number of aromatic nitrogens is 3. The van der Waals surface area contributed by atoms with Gasteiger partial charge in [0.2, 0.25) is 28.1 Å². The minimum Gasteiger partial charge on any atom is -0.371 e. The van der Waals surface area contributed by atoms with Gasteiger partial charge in [0.1, 0.15) is 21.1 Å². The topological polar surface area (TPSA) is 31.1 Å². The molecular formula is C87H122N9+3. The first-order valence-electron chi connectivity index (χ1n) is 37.3. The minimum absolute atomic E-state index is 0.603. The molecule has 0 amide bonds. The Bertz CT molecular complexity index is 3960. The van der Waals surface area contributed by atoms with Crippen molar-refractivity contribution in [3.63, 3.8) is 0 Å². The van der Waals surface area contributed by atoms with Gasteiger partial charge in [-0.25, -0.2) is 4.57 Å². The summed E-state index contributed by atoms with van der Waals surface area (Å²) in [4.78, 5) is 15.6. The van der Waals surface area contributed by atoms with Gasteiger partial charge in [-0.3, -0.25) is 0 Å². The van der Waals surface area contributed by atoms with E-state index in [4.69, 9.17) is 0 Å². The lowest BCUT2D eigenvalue weighted by Gasteiger charge is -2.34. The first-order valence-corrected chi connectivity index (χ1v) is 37.3. The van der Waals surface area contributed by atoms with Gasteiger partial charge in [0, 0.05) is 154 Å². The summed E-state index contributed by atoms with van der Waals surface area (Å²) in [6.07, 6.45) is 12.1. The summed E-state index contributed by atoms with van der Waals surface area (Å²) in [5.74, 6) is 2.42. The van der Waals surface area contributed by atoms with Crippen LogP contribution in [0.25, 0.3) is 66.4 Å². The van der Waals surface area contributed by atoms with Crippen molar-refractivity contribution in [1.29, 1.82) is 0 Å². The van der Waals surface area contributed by atoms with E-state index in [9.17, 15) is 0 Å². The molecule has 11 rings (SSSR count). The van der Waals surface area contributed by atoms with E-state index in [1.165, 1.54) is 169 Å². The molecule has 9 heteroatoms. The van der Waals surface area contributed by atoms with E-state index in [-0.39, 0.29) is 0 Å². The molecule has 9 nitrogen and oxygen atoms in total. The summed E-state index contributed by atoms with van der Waals surface area (Å²) in [6, 6.07) is 52.2. The van der Waals surface area contributed by atoms with Crippen molar-refractivity contribution in [3.05, 3.63) is 162 Å². The van der Waals surface area contributed by atoms with Crippen molar-refractivity contribution in [2.24, 2.45) is 44.8 Å². The van der Waals surface area contributed by atoms with E-state index in [0.29, 0.717) is 23.7 Å². The molecule has 3 aromatic heterocycles. The van der Waals surface area contributed by atoms with Crippen molar-refractivity contribution in [2.75, 3.05) is 108 Å². The van der Waals surface area contributed by atoms with Crippen LogP contribution in [0, 0.1) is 44.4 Å². The summed E-state index contributed by atoms with van der Waals surface area (Å²) in [6.45, 7) is 48.2. The summed E-state index contributed by atoms with van der Waals surface area (Å²) in [5, 5.41) is 5.18. The SMILES string of the molecule is CCCN(CCC)c1cc(-c2ccc3ccccc3[n+]2C)c(C)c(N(CCC)CCC)c1.Cc1c(-c2c3ccccc3cc[n+]2C)cc(N(CC(C)C)CC(C)C)cc1N(CC(C)C)CC(C)C.Cc1c(-c2ccc3ccccc3[n+]2C)cc(N2CCCC2)cc1N1CCCC1. The number of para-hydroxylation sites is 2. The smallest absolute Gasteiger partial charge is 0.220 e. The van der Waals surface area contributed by atoms with E-state index in [2.05, 4.69) is 314 Å². The largest absolute Gasteiger partial charge is 0.371 e. The van der Waals surface area contributed by atoms with Crippen molar-refractivity contribution in [2.45, 2.75) is 155 Å². The predicted molar refractivity (Wildman–Crippen MR) is 418 cm³/mol. The molecule has 2 saturated heterocycles. The van der Waals surface area contributed by atoms with Gasteiger partial charge in [-0.1, -0.05) is 126 Å². The number of anilines is 6. The van der Waals surface area contributed by atoms with Crippen LogP contribution in [0.2, 0.25) is 0 Å². The highest BCUT2D eigenvalue weighted by atomic mass is 15.2. The van der Waals surface area contributed by atoms with Crippen molar-refractivity contribution in [1.82, 2.24) is 0 Å². The van der Waals surface area contributed by atoms with Gasteiger partial charge in [0.25, 0.3) is 0 Å². The highest BCUT2D eigenvalue weighted by Crippen LogP contribution is 2.41. The van der Waals surface area contributed by atoms with Crippen LogP contribution in [-0.4, -0.2) is 78.5 Å². The van der Waals surface area contributed by atoms with Crippen LogP contribution in [0.1, 0.15) is 151 Å². The first-order chi connectivity index (χ1) is 46.2. The molecule has 2 aliphatic rings. The third-order valence-corrected chi connectivity index (χ3v) is 19.8. The zero-order chi connectivity index (χ0) is 68.7. The Morgan fingerprint density at radius 3 is 1.32 bits per heavy atom. The standard InChI is InChI=1S/C33H50N3.C29H42N3.C25H30N3/c1-23(2)19-35(20-24(3)4)29-17-31(33-30-14-12-11-13-28(30)15-16-34(33)10)27(9)32(18-29)36(21-25(5)6)22-26(7)8;1-7-17-31(18-8-2)25-21-26(23(5)29(22-25)32(19-9-3)20-10-4)28-16-15-24-13-11-12-14-27(24)30(28)6;1-19-22(24-12-11-20-9-3-4-10-23(20)26(24)2)17-21(27-13-5-6-14-27)18-25(19)28-15-7-8-16-28/h11-18,23-26H,19-22H2,1-10H3;11-16,21-22H,7-10,17-20H2,1-6H3;3-4,9-12,17-18H,5-8,13-16H2,1-2H3/q3*+1. The van der Waals surface area contributed by atoms with Crippen molar-refractivity contribution in [3.8, 4) is 33.8 Å². The highest BCUT2D eigenvalue weighted by molar-refractivity contribution is 5.95. The molecule has 2 fully saturated rings. The van der Waals surface area contributed by atoms with Gasteiger partial charge in [-0.2, -0.15) is 9.13 Å². The average molecular weight is 1290 g/mol. The molecule has 0 atom stereocenters. The molecule has 9 aromatic rings. The Hall–Kier alpha value is -7.65. The number of pyridine rings is 3. The summed E-state index contributed by atoms with van der Waals surface area (Å²) < 4.78 is 7.03. The second-order valence-corrected chi connectivity index (χ2v) is 29.7. The minimum atomic E-state index is 0.603. The van der Waals surface area contributed by atoms with Crippen LogP contribution in [0.15, 0.2) is 146 Å². The molecule has 0 saturated carbocycles. The molecule has 0 N–H and O–H groups in total. The molecule has 5 heterocycles. The summed E-state index contributed by atoms with van der Waals surface area (Å²) in [5.41, 5.74) is 23.0. The lowest BCUT2D eigenvalue weighted by Crippen LogP contribution is -2.35. The van der Waals surface area contributed by atoms with Gasteiger partial charge in [-0.15, -0.1) is 0 Å². The zero-order valence-corrected chi connectivity index (χ0v) is 62.8. The molecule has 0 unspecified atom stereocenters. The lowest BCUT2D eigenvalue weighted by molar-refractivity contribution is -0.659. The predicted octanol–water partition coefficient (Wildman–Crippen LogP) is 19.6. The van der Waals surface area contributed by atoms with Crippen molar-refractivity contribution >= 4 is 66.7 Å². The van der Waals surface area contributed by atoms with Gasteiger partial charge >= 0.3 is 0 Å². The Morgan fingerprint density at radius 1 is 0.396 bits per heavy atom. The number of aryl methyl sites for hydroxylation is 3. The van der Waals surface area contributed by atoms with Crippen LogP contribution in [0.5, 0.6) is 0 Å². The van der Waals surface area contributed by atoms with Gasteiger partial charge < -0.3 is 29.4 Å². The summed E-state index contributed by atoms with van der Waals surface area (Å²) in [7, 11) is 6.60. The molecular weight excluding hydrogens is 1170 g/mol. The second kappa shape index (κ2) is 34.0. The fourth-order valence-electron chi connectivity index (χ4n) is 15.3. The molecule has 0 radical (unpaired) electrons. The molecule has 6 aromatic carbocycles. The lowest BCUT2D eigenvalue weighted by atomic mass is 9.95. The third-order valence-electron chi connectivity index (χ3n) is 19.8. The monoisotopic (exact) mass is 1290 g/mol. The Kier molecular flexibility index (Phi) is 25.7. The number of nitrogens with zero attached hydrogens (tertiary/aromatic N) is 9. The zero-order valence-electron chi connectivity index (χ0n) is 62.8. The molecule has 0 aliphatic carbocycles. The number of hydrogen-bond acceptors (Lipinski definition) is 6. The van der Waals surface area contributed by atoms with Crippen LogP contribution in [0.4, 0.5) is 34.1 Å². The Labute approximate surface area is 581 Å². The van der Waals surface area contributed by atoms with E-state index < -0.39 is 0 Å². The van der Waals surface area contributed by atoms with Gasteiger partial charge in [0.05, 0.1) is 22.1 Å². The van der Waals surface area contributed by atoms with Crippen LogP contribution >= 0.6 is 0 Å². The van der Waals surface area contributed by atoms with Gasteiger partial charge in [-0.05, 0) is 185 Å². The van der Waals surface area contributed by atoms with E-state index in [1.54, 1.807) is 0 Å². The fourth-order valence-corrected chi connectivity index (χ4v) is 15.3. The fraction of sp³-hybridized carbons (Fsp3) is 0.483. The van der Waals surface area contributed by atoms with Crippen LogP contribution < -0.4 is 43.1 Å². The van der Waals surface area contributed by atoms with Crippen LogP contribution in [0.3, 0.4) is 0 Å². The summed E-state index contributed by atoms with van der Waals surface area (Å²) >= 11 is 0. The van der Waals surface area contributed by atoms with E-state index in [0.717, 1.165) is 78.0 Å². The average Bonchev–Trinajstić information content (AvgIpc) is 0.933. The normalized spacial score (nSPS) is 13.2. The second-order valence-electron chi connectivity index (χ2n) is 29.7. The third kappa shape index (κ3) is 17.4.